The van der Waals surface area contributed by atoms with Crippen LogP contribution in [0.25, 0.3) is 11.0 Å². The highest BCUT2D eigenvalue weighted by atomic mass is 16.6. The highest BCUT2D eigenvalue weighted by Gasteiger charge is 2.35. The average molecular weight is 394 g/mol. The molecule has 1 aromatic heterocycles. The number of carbonyl (C=O) groups is 2. The fourth-order valence-electron chi connectivity index (χ4n) is 3.69. The highest BCUT2D eigenvalue weighted by Crippen LogP contribution is 2.36. The minimum Gasteiger partial charge on any atom is -0.486 e. The number of imidazole rings is 1. The van der Waals surface area contributed by atoms with E-state index in [2.05, 4.69) is 15.3 Å². The van der Waals surface area contributed by atoms with Crippen LogP contribution in [0.5, 0.6) is 11.5 Å². The molecule has 148 valence electrons. The Morgan fingerprint density at radius 2 is 1.79 bits per heavy atom. The van der Waals surface area contributed by atoms with Crippen LogP contribution in [0.2, 0.25) is 0 Å². The molecule has 3 aromatic rings. The summed E-state index contributed by atoms with van der Waals surface area (Å²) >= 11 is 0. The van der Waals surface area contributed by atoms with Gasteiger partial charge in [0.15, 0.2) is 11.5 Å². The van der Waals surface area contributed by atoms with Crippen molar-refractivity contribution in [3.8, 4) is 11.5 Å². The Labute approximate surface area is 164 Å². The second-order valence-electron chi connectivity index (χ2n) is 7.06. The number of ether oxygens (including phenoxy) is 2. The lowest BCUT2D eigenvalue weighted by Crippen LogP contribution is -2.28. The molecule has 1 saturated heterocycles. The molecule has 0 radical (unpaired) electrons. The third-order valence-corrected chi connectivity index (χ3v) is 5.12. The Hall–Kier alpha value is -3.75. The van der Waals surface area contributed by atoms with Crippen molar-refractivity contribution in [1.29, 1.82) is 0 Å². The maximum absolute atomic E-state index is 12.7. The highest BCUT2D eigenvalue weighted by molar-refractivity contribution is 6.04. The first kappa shape index (κ1) is 17.4. The minimum absolute atomic E-state index is 0.118. The van der Waals surface area contributed by atoms with Crippen LogP contribution in [-0.4, -0.2) is 41.5 Å². The number of benzene rings is 2. The first-order chi connectivity index (χ1) is 14.1. The second-order valence-corrected chi connectivity index (χ2v) is 7.06. The molecule has 1 atom stereocenters. The lowest BCUT2D eigenvalue weighted by molar-refractivity contribution is -0.122. The van der Waals surface area contributed by atoms with Crippen molar-refractivity contribution in [2.45, 2.75) is 6.42 Å². The molecule has 9 heteroatoms. The molecule has 1 fully saturated rings. The molecule has 2 aromatic carbocycles. The average Bonchev–Trinajstić information content (AvgIpc) is 3.29. The van der Waals surface area contributed by atoms with E-state index in [0.29, 0.717) is 47.1 Å². The number of anilines is 2. The molecular weight excluding hydrogens is 376 g/mol. The van der Waals surface area contributed by atoms with Crippen molar-refractivity contribution >= 4 is 34.2 Å². The number of rotatable bonds is 3. The lowest BCUT2D eigenvalue weighted by atomic mass is 10.1. The van der Waals surface area contributed by atoms with E-state index >= 15 is 0 Å². The number of hydrogen-bond acceptors (Lipinski definition) is 5. The predicted molar refractivity (Wildman–Crippen MR) is 105 cm³/mol. The molecule has 2 amide bonds. The van der Waals surface area contributed by atoms with Gasteiger partial charge < -0.3 is 29.7 Å². The summed E-state index contributed by atoms with van der Waals surface area (Å²) in [6.45, 7) is 1.25. The van der Waals surface area contributed by atoms with Crippen LogP contribution >= 0.6 is 0 Å². The van der Waals surface area contributed by atoms with E-state index in [4.69, 9.17) is 9.47 Å². The topological polar surface area (TPSA) is 117 Å². The molecule has 0 aliphatic carbocycles. The third-order valence-electron chi connectivity index (χ3n) is 5.12. The summed E-state index contributed by atoms with van der Waals surface area (Å²) in [5, 5.41) is 2.83. The zero-order valence-electron chi connectivity index (χ0n) is 15.4. The maximum Gasteiger partial charge on any atom is 0.323 e. The van der Waals surface area contributed by atoms with E-state index in [1.807, 2.05) is 0 Å². The Bertz CT molecular complexity index is 1180. The summed E-state index contributed by atoms with van der Waals surface area (Å²) in [7, 11) is 0. The van der Waals surface area contributed by atoms with Crippen molar-refractivity contribution < 1.29 is 19.1 Å². The molecule has 0 unspecified atom stereocenters. The standard InChI is InChI=1S/C20H18N4O5/c25-18-7-11(10-24(18)13-2-4-16-17(9-13)29-6-5-28-16)19(26)21-12-1-3-14-15(8-12)23-20(27)22-14/h1-4,8-9,11H,5-7,10H2,(H,21,26)(H2,22,23,27)/t11-/m0/s1. The van der Waals surface area contributed by atoms with Gasteiger partial charge in [0.05, 0.1) is 17.0 Å². The third kappa shape index (κ3) is 3.20. The number of amides is 2. The molecule has 3 heterocycles. The zero-order chi connectivity index (χ0) is 20.0. The molecule has 2 aliphatic heterocycles. The summed E-state index contributed by atoms with van der Waals surface area (Å²) in [5.74, 6) is 0.418. The van der Waals surface area contributed by atoms with Gasteiger partial charge in [-0.05, 0) is 30.3 Å². The molecule has 5 rings (SSSR count). The van der Waals surface area contributed by atoms with Crippen molar-refractivity contribution in [2.75, 3.05) is 30.0 Å². The quantitative estimate of drug-likeness (QED) is 0.624. The van der Waals surface area contributed by atoms with Gasteiger partial charge in [0, 0.05) is 30.4 Å². The molecule has 3 N–H and O–H groups in total. The second kappa shape index (κ2) is 6.69. The van der Waals surface area contributed by atoms with E-state index in [-0.39, 0.29) is 30.5 Å². The van der Waals surface area contributed by atoms with Crippen LogP contribution < -0.4 is 25.4 Å². The largest absolute Gasteiger partial charge is 0.486 e. The summed E-state index contributed by atoms with van der Waals surface area (Å²) in [6.07, 6.45) is 0.128. The molecule has 0 spiro atoms. The van der Waals surface area contributed by atoms with Gasteiger partial charge in [0.1, 0.15) is 13.2 Å². The van der Waals surface area contributed by atoms with E-state index in [0.717, 1.165) is 0 Å². The number of aromatic amines is 2. The Morgan fingerprint density at radius 3 is 2.66 bits per heavy atom. The fraction of sp³-hybridized carbons (Fsp3) is 0.250. The Kier molecular flexibility index (Phi) is 4.01. The Balaban J connectivity index is 1.31. The zero-order valence-corrected chi connectivity index (χ0v) is 15.4. The van der Waals surface area contributed by atoms with Gasteiger partial charge in [-0.3, -0.25) is 9.59 Å². The SMILES string of the molecule is O=C(Nc1ccc2[nH]c(=O)[nH]c2c1)[C@H]1CC(=O)N(c2ccc3c(c2)OCCO3)C1. The first-order valence-corrected chi connectivity index (χ1v) is 9.30. The van der Waals surface area contributed by atoms with E-state index in [9.17, 15) is 14.4 Å². The summed E-state index contributed by atoms with van der Waals surface area (Å²) < 4.78 is 11.1. The Morgan fingerprint density at radius 1 is 1.00 bits per heavy atom. The monoisotopic (exact) mass is 394 g/mol. The summed E-state index contributed by atoms with van der Waals surface area (Å²) in [6, 6.07) is 10.4. The number of aromatic nitrogens is 2. The van der Waals surface area contributed by atoms with Crippen LogP contribution in [0.4, 0.5) is 11.4 Å². The van der Waals surface area contributed by atoms with E-state index in [1.54, 1.807) is 41.3 Å². The molecular formula is C20H18N4O5. The van der Waals surface area contributed by atoms with Gasteiger partial charge in [0.2, 0.25) is 11.8 Å². The molecule has 9 nitrogen and oxygen atoms in total. The first-order valence-electron chi connectivity index (χ1n) is 9.30. The van der Waals surface area contributed by atoms with Crippen molar-refractivity contribution in [1.82, 2.24) is 9.97 Å². The molecule has 0 saturated carbocycles. The number of carbonyl (C=O) groups excluding carboxylic acids is 2. The normalized spacial score (nSPS) is 18.3. The van der Waals surface area contributed by atoms with Gasteiger partial charge >= 0.3 is 5.69 Å². The van der Waals surface area contributed by atoms with Crippen LogP contribution in [0.15, 0.2) is 41.2 Å². The van der Waals surface area contributed by atoms with Crippen LogP contribution in [0.1, 0.15) is 6.42 Å². The number of hydrogen-bond donors (Lipinski definition) is 3. The smallest absolute Gasteiger partial charge is 0.323 e. The van der Waals surface area contributed by atoms with Crippen molar-refractivity contribution in [3.05, 3.63) is 46.9 Å². The van der Waals surface area contributed by atoms with Gasteiger partial charge in [0.25, 0.3) is 0 Å². The minimum atomic E-state index is -0.475. The van der Waals surface area contributed by atoms with Crippen LogP contribution in [0.3, 0.4) is 0 Å². The number of nitrogens with one attached hydrogen (secondary N) is 3. The summed E-state index contributed by atoms with van der Waals surface area (Å²) in [4.78, 5) is 43.5. The molecule has 2 aliphatic rings. The van der Waals surface area contributed by atoms with E-state index < -0.39 is 5.92 Å². The number of fused-ring (bicyclic) bond motifs is 2. The van der Waals surface area contributed by atoms with Gasteiger partial charge in [-0.2, -0.15) is 0 Å². The lowest BCUT2D eigenvalue weighted by Gasteiger charge is -2.22. The van der Waals surface area contributed by atoms with Crippen LogP contribution in [0, 0.1) is 5.92 Å². The van der Waals surface area contributed by atoms with Crippen molar-refractivity contribution in [2.24, 2.45) is 5.92 Å². The van der Waals surface area contributed by atoms with Crippen LogP contribution in [-0.2, 0) is 9.59 Å². The number of H-pyrrole nitrogens is 2. The van der Waals surface area contributed by atoms with Gasteiger partial charge in [-0.15, -0.1) is 0 Å². The van der Waals surface area contributed by atoms with Gasteiger partial charge in [-0.25, -0.2) is 4.79 Å². The van der Waals surface area contributed by atoms with E-state index in [1.165, 1.54) is 0 Å². The predicted octanol–water partition coefficient (Wildman–Crippen LogP) is 1.62. The number of nitrogens with zero attached hydrogens (tertiary/aromatic N) is 1. The van der Waals surface area contributed by atoms with Crippen molar-refractivity contribution in [3.63, 3.8) is 0 Å². The molecule has 0 bridgehead atoms. The fourth-order valence-corrected chi connectivity index (χ4v) is 3.69. The molecule has 29 heavy (non-hydrogen) atoms. The van der Waals surface area contributed by atoms with Gasteiger partial charge in [-0.1, -0.05) is 0 Å². The summed E-state index contributed by atoms with van der Waals surface area (Å²) in [5.41, 5.74) is 2.20. The maximum atomic E-state index is 12.7.